The Morgan fingerprint density at radius 2 is 2.12 bits per heavy atom. The lowest BCUT2D eigenvalue weighted by Crippen LogP contribution is -2.06. The second-order valence-corrected chi connectivity index (χ2v) is 4.03. The van der Waals surface area contributed by atoms with E-state index < -0.39 is 0 Å². The maximum atomic E-state index is 12.9. The number of nitrogens with zero attached hydrogens (tertiary/aromatic N) is 1. The molecule has 0 saturated heterocycles. The Labute approximate surface area is 103 Å². The molecule has 2 rings (SSSR count). The third kappa shape index (κ3) is 2.34. The highest BCUT2D eigenvalue weighted by Gasteiger charge is 2.16. The van der Waals surface area contributed by atoms with Gasteiger partial charge in [-0.05, 0) is 42.8 Å². The fraction of sp³-hybridized carbons (Fsp3) is 0.0769. The van der Waals surface area contributed by atoms with Gasteiger partial charge in [0, 0.05) is 11.8 Å². The normalized spacial score (nSPS) is 10.3. The van der Waals surface area contributed by atoms with E-state index in [4.69, 9.17) is 11.6 Å². The van der Waals surface area contributed by atoms with Crippen LogP contribution in [0.15, 0.2) is 36.5 Å². The highest BCUT2D eigenvalue weighted by molar-refractivity contribution is 6.34. The molecular formula is C13H9ClFNO. The molecule has 0 unspecified atom stereocenters. The Morgan fingerprint density at radius 3 is 2.76 bits per heavy atom. The first kappa shape index (κ1) is 11.7. The number of benzene rings is 1. The van der Waals surface area contributed by atoms with E-state index in [2.05, 4.69) is 4.98 Å². The SMILES string of the molecule is Cc1cc(F)ccc1C(=O)c1ncccc1Cl. The molecule has 2 nitrogen and oxygen atoms in total. The van der Waals surface area contributed by atoms with E-state index in [1.165, 1.54) is 24.4 Å². The summed E-state index contributed by atoms with van der Waals surface area (Å²) in [4.78, 5) is 16.1. The van der Waals surface area contributed by atoms with Gasteiger partial charge in [-0.2, -0.15) is 0 Å². The Balaban J connectivity index is 2.48. The van der Waals surface area contributed by atoms with Crippen LogP contribution in [0, 0.1) is 12.7 Å². The number of hydrogen-bond donors (Lipinski definition) is 0. The van der Waals surface area contributed by atoms with Crippen molar-refractivity contribution in [3.8, 4) is 0 Å². The van der Waals surface area contributed by atoms with Crippen LogP contribution in [-0.4, -0.2) is 10.8 Å². The van der Waals surface area contributed by atoms with Crippen LogP contribution in [0.4, 0.5) is 4.39 Å². The lowest BCUT2D eigenvalue weighted by molar-refractivity contribution is 0.103. The monoisotopic (exact) mass is 249 g/mol. The standard InChI is InChI=1S/C13H9ClFNO/c1-8-7-9(15)4-5-10(8)13(17)12-11(14)3-2-6-16-12/h2-7H,1H3. The van der Waals surface area contributed by atoms with Gasteiger partial charge in [-0.15, -0.1) is 0 Å². The first-order chi connectivity index (χ1) is 8.09. The highest BCUT2D eigenvalue weighted by Crippen LogP contribution is 2.19. The van der Waals surface area contributed by atoms with Crippen molar-refractivity contribution < 1.29 is 9.18 Å². The lowest BCUT2D eigenvalue weighted by Gasteiger charge is -2.05. The average molecular weight is 250 g/mol. The average Bonchev–Trinajstić information content (AvgIpc) is 2.29. The van der Waals surface area contributed by atoms with E-state index in [0.717, 1.165) is 0 Å². The van der Waals surface area contributed by atoms with Crippen molar-refractivity contribution in [3.05, 3.63) is 64.2 Å². The molecule has 0 radical (unpaired) electrons. The summed E-state index contributed by atoms with van der Waals surface area (Å²) >= 11 is 5.90. The fourth-order valence-electron chi connectivity index (χ4n) is 1.56. The van der Waals surface area contributed by atoms with Crippen LogP contribution >= 0.6 is 11.6 Å². The molecule has 0 N–H and O–H groups in total. The van der Waals surface area contributed by atoms with Gasteiger partial charge in [-0.25, -0.2) is 4.39 Å². The van der Waals surface area contributed by atoms with Crippen LogP contribution in [-0.2, 0) is 0 Å². The largest absolute Gasteiger partial charge is 0.287 e. The van der Waals surface area contributed by atoms with Gasteiger partial charge in [0.1, 0.15) is 11.5 Å². The fourth-order valence-corrected chi connectivity index (χ4v) is 1.77. The number of pyridine rings is 1. The van der Waals surface area contributed by atoms with Crippen molar-refractivity contribution in [1.29, 1.82) is 0 Å². The molecule has 0 atom stereocenters. The molecule has 2 aromatic rings. The summed E-state index contributed by atoms with van der Waals surface area (Å²) in [7, 11) is 0. The Bertz CT molecular complexity index is 583. The van der Waals surface area contributed by atoms with Gasteiger partial charge in [0.05, 0.1) is 5.02 Å². The molecular weight excluding hydrogens is 241 g/mol. The van der Waals surface area contributed by atoms with Gasteiger partial charge < -0.3 is 0 Å². The summed E-state index contributed by atoms with van der Waals surface area (Å²) in [6.07, 6.45) is 1.50. The van der Waals surface area contributed by atoms with E-state index in [1.807, 2.05) is 0 Å². The second-order valence-electron chi connectivity index (χ2n) is 3.62. The van der Waals surface area contributed by atoms with Crippen molar-refractivity contribution in [2.24, 2.45) is 0 Å². The predicted octanol–water partition coefficient (Wildman–Crippen LogP) is 3.41. The van der Waals surface area contributed by atoms with E-state index in [1.54, 1.807) is 19.1 Å². The molecule has 1 aromatic heterocycles. The van der Waals surface area contributed by atoms with Gasteiger partial charge in [0.25, 0.3) is 0 Å². The number of hydrogen-bond acceptors (Lipinski definition) is 2. The molecule has 86 valence electrons. The van der Waals surface area contributed by atoms with Crippen molar-refractivity contribution in [2.75, 3.05) is 0 Å². The van der Waals surface area contributed by atoms with Crippen LogP contribution in [0.5, 0.6) is 0 Å². The Hall–Kier alpha value is -1.74. The van der Waals surface area contributed by atoms with Crippen molar-refractivity contribution >= 4 is 17.4 Å². The van der Waals surface area contributed by atoms with Gasteiger partial charge in [-0.3, -0.25) is 9.78 Å². The second kappa shape index (κ2) is 4.63. The number of ketones is 1. The minimum absolute atomic E-state index is 0.184. The Morgan fingerprint density at radius 1 is 1.35 bits per heavy atom. The van der Waals surface area contributed by atoms with Crippen molar-refractivity contribution in [3.63, 3.8) is 0 Å². The number of rotatable bonds is 2. The maximum Gasteiger partial charge on any atom is 0.213 e. The molecule has 1 aromatic carbocycles. The van der Waals surface area contributed by atoms with Crippen molar-refractivity contribution in [2.45, 2.75) is 6.92 Å². The van der Waals surface area contributed by atoms with E-state index >= 15 is 0 Å². The molecule has 0 bridgehead atoms. The van der Waals surface area contributed by atoms with Gasteiger partial charge in [-0.1, -0.05) is 11.6 Å². The van der Waals surface area contributed by atoms with E-state index in [9.17, 15) is 9.18 Å². The van der Waals surface area contributed by atoms with Gasteiger partial charge >= 0.3 is 0 Å². The van der Waals surface area contributed by atoms with Gasteiger partial charge in [0.15, 0.2) is 0 Å². The molecule has 0 aliphatic heterocycles. The third-order valence-corrected chi connectivity index (χ3v) is 2.71. The highest BCUT2D eigenvalue weighted by atomic mass is 35.5. The first-order valence-electron chi connectivity index (χ1n) is 5.01. The van der Waals surface area contributed by atoms with E-state index in [-0.39, 0.29) is 17.3 Å². The smallest absolute Gasteiger partial charge is 0.213 e. The minimum Gasteiger partial charge on any atom is -0.287 e. The summed E-state index contributed by atoms with van der Waals surface area (Å²) < 4.78 is 12.9. The Kier molecular flexibility index (Phi) is 3.20. The van der Waals surface area contributed by atoms with Crippen LogP contribution in [0.1, 0.15) is 21.6 Å². The quantitative estimate of drug-likeness (QED) is 0.764. The molecule has 0 saturated carbocycles. The molecule has 4 heteroatoms. The zero-order valence-corrected chi connectivity index (χ0v) is 9.83. The van der Waals surface area contributed by atoms with Crippen LogP contribution in [0.3, 0.4) is 0 Å². The zero-order chi connectivity index (χ0) is 12.4. The zero-order valence-electron chi connectivity index (χ0n) is 9.08. The molecule has 0 aliphatic carbocycles. The van der Waals surface area contributed by atoms with Crippen LogP contribution in [0.25, 0.3) is 0 Å². The number of halogens is 2. The molecule has 0 spiro atoms. The first-order valence-corrected chi connectivity index (χ1v) is 5.39. The summed E-state index contributed by atoms with van der Waals surface area (Å²) in [5.41, 5.74) is 1.16. The number of carbonyl (C=O) groups is 1. The molecule has 1 heterocycles. The number of carbonyl (C=O) groups excluding carboxylic acids is 1. The molecule has 0 fully saturated rings. The van der Waals surface area contributed by atoms with Crippen LogP contribution in [0.2, 0.25) is 5.02 Å². The summed E-state index contributed by atoms with van der Waals surface area (Å²) in [6, 6.07) is 7.25. The molecule has 0 amide bonds. The maximum absolute atomic E-state index is 12.9. The topological polar surface area (TPSA) is 30.0 Å². The summed E-state index contributed by atoms with van der Waals surface area (Å²) in [5.74, 6) is -0.667. The van der Waals surface area contributed by atoms with Crippen LogP contribution < -0.4 is 0 Å². The molecule has 0 aliphatic rings. The lowest BCUT2D eigenvalue weighted by atomic mass is 10.0. The summed E-state index contributed by atoms with van der Waals surface area (Å²) in [5, 5.41) is 0.293. The number of aromatic nitrogens is 1. The molecule has 17 heavy (non-hydrogen) atoms. The van der Waals surface area contributed by atoms with Gasteiger partial charge in [0.2, 0.25) is 5.78 Å². The third-order valence-electron chi connectivity index (χ3n) is 2.41. The summed E-state index contributed by atoms with van der Waals surface area (Å²) in [6.45, 7) is 1.67. The number of aryl methyl sites for hydroxylation is 1. The van der Waals surface area contributed by atoms with Crippen molar-refractivity contribution in [1.82, 2.24) is 4.98 Å². The predicted molar refractivity (Wildman–Crippen MR) is 63.8 cm³/mol. The van der Waals surface area contributed by atoms with E-state index in [0.29, 0.717) is 16.1 Å². The minimum atomic E-state index is -0.369.